The lowest BCUT2D eigenvalue weighted by Gasteiger charge is -2.31. The van der Waals surface area contributed by atoms with Crippen LogP contribution < -0.4 is 15.6 Å². The number of thiazole rings is 1. The van der Waals surface area contributed by atoms with Gasteiger partial charge in [-0.05, 0) is 49.6 Å². The van der Waals surface area contributed by atoms with Crippen LogP contribution in [0.5, 0.6) is 5.75 Å². The molecule has 1 aromatic heterocycles. The molecule has 0 atom stereocenters. The summed E-state index contributed by atoms with van der Waals surface area (Å²) in [7, 11) is 0. The first-order valence-corrected chi connectivity index (χ1v) is 13.0. The third kappa shape index (κ3) is 6.41. The van der Waals surface area contributed by atoms with E-state index in [1.807, 2.05) is 30.0 Å². The van der Waals surface area contributed by atoms with Crippen LogP contribution in [-0.4, -0.2) is 47.3 Å². The highest BCUT2D eigenvalue weighted by molar-refractivity contribution is 7.09. The molecule has 1 aliphatic heterocycles. The number of likely N-dealkylation sites (tertiary alicyclic amines) is 1. The highest BCUT2D eigenvalue weighted by Gasteiger charge is 2.26. The normalized spacial score (nSPS) is 13.8. The summed E-state index contributed by atoms with van der Waals surface area (Å²) in [6, 6.07) is 14.1. The number of carbonyl (C=O) groups excluding carboxylic acids is 3. The van der Waals surface area contributed by atoms with Gasteiger partial charge >= 0.3 is 0 Å². The fourth-order valence-corrected chi connectivity index (χ4v) is 5.19. The van der Waals surface area contributed by atoms with Crippen molar-refractivity contribution in [3.05, 3.63) is 80.8 Å². The van der Waals surface area contributed by atoms with Gasteiger partial charge in [-0.1, -0.05) is 35.9 Å². The largest absolute Gasteiger partial charge is 0.494 e. The van der Waals surface area contributed by atoms with Crippen molar-refractivity contribution >= 4 is 40.7 Å². The summed E-state index contributed by atoms with van der Waals surface area (Å²) in [5, 5.41) is 3.14. The number of hydrazine groups is 1. The summed E-state index contributed by atoms with van der Waals surface area (Å²) in [4.78, 5) is 43.9. The maximum Gasteiger partial charge on any atom is 0.289 e. The second kappa shape index (κ2) is 12.0. The van der Waals surface area contributed by atoms with Gasteiger partial charge in [0, 0.05) is 35.0 Å². The van der Waals surface area contributed by atoms with Crippen molar-refractivity contribution in [3.8, 4) is 5.75 Å². The molecule has 0 saturated carbocycles. The van der Waals surface area contributed by atoms with Gasteiger partial charge in [-0.2, -0.15) is 0 Å². The number of hydrogen-bond acceptors (Lipinski definition) is 6. The summed E-state index contributed by atoms with van der Waals surface area (Å²) in [5.74, 6) is -0.120. The van der Waals surface area contributed by atoms with Crippen LogP contribution >= 0.6 is 22.9 Å². The van der Waals surface area contributed by atoms with Crippen LogP contribution in [0.15, 0.2) is 53.9 Å². The smallest absolute Gasteiger partial charge is 0.289 e. The van der Waals surface area contributed by atoms with Gasteiger partial charge in [0.15, 0.2) is 0 Å². The summed E-state index contributed by atoms with van der Waals surface area (Å²) < 4.78 is 5.40. The molecule has 0 aliphatic carbocycles. The molecule has 4 rings (SSSR count). The molecule has 3 amide bonds. The Kier molecular flexibility index (Phi) is 8.56. The molecule has 3 aromatic rings. The Hall–Kier alpha value is -3.43. The topological polar surface area (TPSA) is 101 Å². The van der Waals surface area contributed by atoms with Gasteiger partial charge in [0.25, 0.3) is 11.8 Å². The molecule has 1 saturated heterocycles. The Morgan fingerprint density at radius 2 is 1.83 bits per heavy atom. The molecule has 2 aromatic carbocycles. The number of rotatable bonds is 7. The Balaban J connectivity index is 1.26. The second-order valence-corrected chi connectivity index (χ2v) is 9.66. The van der Waals surface area contributed by atoms with Gasteiger partial charge in [0.05, 0.1) is 18.0 Å². The molecule has 2 N–H and O–H groups in total. The van der Waals surface area contributed by atoms with Crippen molar-refractivity contribution in [2.75, 3.05) is 19.7 Å². The van der Waals surface area contributed by atoms with Crippen LogP contribution in [0.25, 0.3) is 0 Å². The minimum absolute atomic E-state index is 0.0586. The van der Waals surface area contributed by atoms with E-state index in [9.17, 15) is 14.4 Å². The predicted molar refractivity (Wildman–Crippen MR) is 138 cm³/mol. The van der Waals surface area contributed by atoms with Crippen LogP contribution in [0.1, 0.15) is 57.1 Å². The lowest BCUT2D eigenvalue weighted by Crippen LogP contribution is -2.41. The molecule has 8 nitrogen and oxygen atoms in total. The Morgan fingerprint density at radius 3 is 2.58 bits per heavy atom. The van der Waals surface area contributed by atoms with E-state index >= 15 is 0 Å². The summed E-state index contributed by atoms with van der Waals surface area (Å²) in [6.07, 6.45) is 1.83. The SMILES string of the molecule is CCOc1cccc(C(=O)NNC(=O)c2csc(C3CCN(C(=O)Cc4ccccc4Cl)CC3)n2)c1. The number of aromatic nitrogens is 1. The molecule has 36 heavy (non-hydrogen) atoms. The molecular formula is C26H27ClN4O4S. The van der Waals surface area contributed by atoms with Crippen LogP contribution in [0.2, 0.25) is 5.02 Å². The number of ether oxygens (including phenoxy) is 1. The van der Waals surface area contributed by atoms with E-state index < -0.39 is 11.8 Å². The quantitative estimate of drug-likeness (QED) is 0.449. The van der Waals surface area contributed by atoms with Crippen LogP contribution in [0, 0.1) is 0 Å². The van der Waals surface area contributed by atoms with Gasteiger partial charge in [0.2, 0.25) is 5.91 Å². The standard InChI is InChI=1S/C26H27ClN4O4S/c1-2-35-20-8-5-7-19(14-20)24(33)29-30-25(34)22-16-36-26(28-22)17-10-12-31(13-11-17)23(32)15-18-6-3-4-9-21(18)27/h3-9,14,16-17H,2,10-13,15H2,1H3,(H,29,33)(H,30,34). The highest BCUT2D eigenvalue weighted by Crippen LogP contribution is 2.30. The number of carbonyl (C=O) groups is 3. The third-order valence-electron chi connectivity index (χ3n) is 5.95. The highest BCUT2D eigenvalue weighted by atomic mass is 35.5. The second-order valence-electron chi connectivity index (χ2n) is 8.36. The van der Waals surface area contributed by atoms with E-state index in [1.54, 1.807) is 35.7 Å². The number of amides is 3. The first-order valence-electron chi connectivity index (χ1n) is 11.7. The van der Waals surface area contributed by atoms with Gasteiger partial charge in [0.1, 0.15) is 11.4 Å². The number of hydrogen-bond donors (Lipinski definition) is 2. The average molecular weight is 527 g/mol. The minimum atomic E-state index is -0.487. The lowest BCUT2D eigenvalue weighted by atomic mass is 9.97. The molecule has 0 unspecified atom stereocenters. The van der Waals surface area contributed by atoms with Crippen molar-refractivity contribution in [2.45, 2.75) is 32.1 Å². The van der Waals surface area contributed by atoms with Gasteiger partial charge in [-0.25, -0.2) is 4.98 Å². The zero-order valence-corrected chi connectivity index (χ0v) is 21.4. The minimum Gasteiger partial charge on any atom is -0.494 e. The first kappa shape index (κ1) is 25.7. The van der Waals surface area contributed by atoms with Crippen molar-refractivity contribution in [1.82, 2.24) is 20.7 Å². The number of piperidine rings is 1. The Morgan fingerprint density at radius 1 is 1.08 bits per heavy atom. The Labute approximate surface area is 218 Å². The van der Waals surface area contributed by atoms with Crippen molar-refractivity contribution in [3.63, 3.8) is 0 Å². The summed E-state index contributed by atoms with van der Waals surface area (Å²) >= 11 is 7.60. The molecule has 0 bridgehead atoms. The molecule has 2 heterocycles. The number of benzene rings is 2. The molecule has 1 aliphatic rings. The van der Waals surface area contributed by atoms with Gasteiger partial charge in [-0.3, -0.25) is 25.2 Å². The fraction of sp³-hybridized carbons (Fsp3) is 0.308. The summed E-state index contributed by atoms with van der Waals surface area (Å²) in [5.41, 5.74) is 6.28. The average Bonchev–Trinajstić information content (AvgIpc) is 3.39. The zero-order chi connectivity index (χ0) is 25.5. The number of nitrogens with one attached hydrogen (secondary N) is 2. The molecule has 1 fully saturated rings. The van der Waals surface area contributed by atoms with E-state index in [2.05, 4.69) is 15.8 Å². The summed E-state index contributed by atoms with van der Waals surface area (Å²) in [6.45, 7) is 3.62. The van der Waals surface area contributed by atoms with Crippen molar-refractivity contribution in [2.24, 2.45) is 0 Å². The molecule has 0 radical (unpaired) electrons. The lowest BCUT2D eigenvalue weighted by molar-refractivity contribution is -0.131. The molecule has 0 spiro atoms. The maximum absolute atomic E-state index is 12.7. The van der Waals surface area contributed by atoms with E-state index in [0.29, 0.717) is 36.0 Å². The molecule has 188 valence electrons. The van der Waals surface area contributed by atoms with Crippen LogP contribution in [-0.2, 0) is 11.2 Å². The van der Waals surface area contributed by atoms with Gasteiger partial charge < -0.3 is 9.64 Å². The predicted octanol–water partition coefficient (Wildman–Crippen LogP) is 4.22. The van der Waals surface area contributed by atoms with E-state index in [1.165, 1.54) is 11.3 Å². The van der Waals surface area contributed by atoms with Crippen molar-refractivity contribution in [1.29, 1.82) is 0 Å². The number of nitrogens with zero attached hydrogens (tertiary/aromatic N) is 2. The first-order chi connectivity index (χ1) is 17.4. The van der Waals surface area contributed by atoms with E-state index in [4.69, 9.17) is 16.3 Å². The zero-order valence-electron chi connectivity index (χ0n) is 19.8. The third-order valence-corrected chi connectivity index (χ3v) is 7.32. The fourth-order valence-electron chi connectivity index (χ4n) is 4.02. The van der Waals surface area contributed by atoms with E-state index in [-0.39, 0.29) is 23.9 Å². The Bertz CT molecular complexity index is 1240. The number of halogens is 1. The van der Waals surface area contributed by atoms with E-state index in [0.717, 1.165) is 23.4 Å². The maximum atomic E-state index is 12.7. The van der Waals surface area contributed by atoms with Crippen LogP contribution in [0.4, 0.5) is 0 Å². The van der Waals surface area contributed by atoms with Crippen LogP contribution in [0.3, 0.4) is 0 Å². The van der Waals surface area contributed by atoms with Gasteiger partial charge in [-0.15, -0.1) is 11.3 Å². The molecule has 10 heteroatoms. The van der Waals surface area contributed by atoms with Crippen molar-refractivity contribution < 1.29 is 19.1 Å². The monoisotopic (exact) mass is 526 g/mol. The molecular weight excluding hydrogens is 500 g/mol.